The second-order valence-electron chi connectivity index (χ2n) is 7.84. The molecule has 1 saturated carbocycles. The van der Waals surface area contributed by atoms with Crippen LogP contribution < -0.4 is 10.6 Å². The summed E-state index contributed by atoms with van der Waals surface area (Å²) in [6.45, 7) is 5.43. The molecule has 0 spiro atoms. The van der Waals surface area contributed by atoms with E-state index in [2.05, 4.69) is 20.0 Å². The van der Waals surface area contributed by atoms with Gasteiger partial charge in [-0.15, -0.1) is 0 Å². The fourth-order valence-corrected chi connectivity index (χ4v) is 4.95. The van der Waals surface area contributed by atoms with E-state index in [1.807, 2.05) is 0 Å². The summed E-state index contributed by atoms with van der Waals surface area (Å²) in [7, 11) is 0. The molecule has 1 aliphatic carbocycles. The van der Waals surface area contributed by atoms with Crippen molar-refractivity contribution in [2.24, 2.45) is 0 Å². The third-order valence-electron chi connectivity index (χ3n) is 6.33. The van der Waals surface area contributed by atoms with Gasteiger partial charge < -0.3 is 15.4 Å². The number of nitrogens with two attached hydrogens (primary N) is 1. The number of nitrogens with zero attached hydrogens (tertiary/aromatic N) is 4. The van der Waals surface area contributed by atoms with Crippen molar-refractivity contribution in [1.82, 2.24) is 20.1 Å². The Balaban J connectivity index is 1.56. The Morgan fingerprint density at radius 3 is 2.65 bits per heavy atom. The number of hydrogen-bond donors (Lipinski definition) is 2. The second-order valence-corrected chi connectivity index (χ2v) is 7.84. The van der Waals surface area contributed by atoms with Crippen LogP contribution >= 0.6 is 0 Å². The van der Waals surface area contributed by atoms with Crippen molar-refractivity contribution in [2.45, 2.75) is 51.1 Å². The van der Waals surface area contributed by atoms with Crippen LogP contribution in [0.3, 0.4) is 0 Å². The third-order valence-corrected chi connectivity index (χ3v) is 6.33. The number of rotatable bonds is 2. The van der Waals surface area contributed by atoms with Crippen molar-refractivity contribution in [1.29, 1.82) is 0 Å². The lowest BCUT2D eigenvalue weighted by molar-refractivity contribution is 0.121. The Morgan fingerprint density at radius 2 is 1.85 bits per heavy atom. The number of morpholine rings is 1. The quantitative estimate of drug-likeness (QED) is 0.857. The number of hydrogen-bond acceptors (Lipinski definition) is 6. The van der Waals surface area contributed by atoms with Crippen LogP contribution in [0.5, 0.6) is 0 Å². The minimum atomic E-state index is 0.656. The van der Waals surface area contributed by atoms with E-state index in [0.29, 0.717) is 5.82 Å². The van der Waals surface area contributed by atoms with Gasteiger partial charge in [0.1, 0.15) is 11.6 Å². The Kier molecular flexibility index (Phi) is 4.21. The monoisotopic (exact) mass is 356 g/mol. The summed E-state index contributed by atoms with van der Waals surface area (Å²) in [6.07, 6.45) is 7.85. The summed E-state index contributed by atoms with van der Waals surface area (Å²) < 4.78 is 5.55. The van der Waals surface area contributed by atoms with Gasteiger partial charge in [-0.2, -0.15) is 5.10 Å². The normalized spacial score (nSPS) is 22.7. The van der Waals surface area contributed by atoms with E-state index in [0.717, 1.165) is 68.7 Å². The van der Waals surface area contributed by atoms with E-state index in [4.69, 9.17) is 15.5 Å². The highest BCUT2D eigenvalue weighted by Gasteiger charge is 2.31. The highest BCUT2D eigenvalue weighted by molar-refractivity contribution is 5.92. The van der Waals surface area contributed by atoms with Gasteiger partial charge in [-0.05, 0) is 24.8 Å². The van der Waals surface area contributed by atoms with Crippen LogP contribution in [-0.4, -0.2) is 59.0 Å². The van der Waals surface area contributed by atoms with Gasteiger partial charge >= 0.3 is 0 Å². The number of nitrogens with one attached hydrogen (secondary N) is 1. The summed E-state index contributed by atoms with van der Waals surface area (Å²) in [5, 5.41) is 8.34. The average molecular weight is 356 g/mol. The first kappa shape index (κ1) is 16.3. The molecule has 2 aromatic rings. The van der Waals surface area contributed by atoms with E-state index < -0.39 is 0 Å². The summed E-state index contributed by atoms with van der Waals surface area (Å²) >= 11 is 0. The van der Waals surface area contributed by atoms with Crippen LogP contribution in [0.4, 0.5) is 11.6 Å². The summed E-state index contributed by atoms with van der Waals surface area (Å²) in [6, 6.07) is 0.729. The maximum absolute atomic E-state index is 6.20. The predicted octanol–water partition coefficient (Wildman–Crippen LogP) is 2.07. The molecule has 3 aliphatic rings. The number of anilines is 2. The van der Waals surface area contributed by atoms with E-state index in [1.54, 1.807) is 0 Å². The molecule has 0 amide bonds. The SMILES string of the molecule is Nc1[nH]nc2nc(N3CCOCC3)c3c(c12)CCN(C1CCCCC1)C3. The first-order chi connectivity index (χ1) is 12.8. The van der Waals surface area contributed by atoms with Gasteiger partial charge in [-0.3, -0.25) is 10.00 Å². The number of aromatic amines is 1. The van der Waals surface area contributed by atoms with Crippen molar-refractivity contribution in [2.75, 3.05) is 43.5 Å². The number of H-pyrrole nitrogens is 1. The van der Waals surface area contributed by atoms with Crippen molar-refractivity contribution >= 4 is 22.7 Å². The van der Waals surface area contributed by atoms with Crippen LogP contribution in [0.2, 0.25) is 0 Å². The number of ether oxygens (including phenoxy) is 1. The molecule has 2 aromatic heterocycles. The number of fused-ring (bicyclic) bond motifs is 3. The lowest BCUT2D eigenvalue weighted by atomic mass is 9.90. The van der Waals surface area contributed by atoms with E-state index in [9.17, 15) is 0 Å². The molecule has 2 aliphatic heterocycles. The van der Waals surface area contributed by atoms with Crippen LogP contribution in [0.15, 0.2) is 0 Å². The van der Waals surface area contributed by atoms with Crippen LogP contribution in [0.25, 0.3) is 11.0 Å². The highest BCUT2D eigenvalue weighted by atomic mass is 16.5. The average Bonchev–Trinajstić information content (AvgIpc) is 3.09. The van der Waals surface area contributed by atoms with Crippen molar-refractivity contribution in [3.05, 3.63) is 11.1 Å². The van der Waals surface area contributed by atoms with Crippen molar-refractivity contribution < 1.29 is 4.74 Å². The van der Waals surface area contributed by atoms with Gasteiger partial charge in [0, 0.05) is 37.8 Å². The molecule has 0 radical (unpaired) electrons. The third kappa shape index (κ3) is 2.74. The summed E-state index contributed by atoms with van der Waals surface area (Å²) in [5.41, 5.74) is 9.68. The van der Waals surface area contributed by atoms with Crippen LogP contribution in [0.1, 0.15) is 43.2 Å². The van der Waals surface area contributed by atoms with Crippen LogP contribution in [-0.2, 0) is 17.7 Å². The van der Waals surface area contributed by atoms with E-state index in [1.165, 1.54) is 43.2 Å². The molecule has 7 nitrogen and oxygen atoms in total. The van der Waals surface area contributed by atoms with Gasteiger partial charge in [0.15, 0.2) is 5.65 Å². The zero-order valence-corrected chi connectivity index (χ0v) is 15.3. The maximum Gasteiger partial charge on any atom is 0.185 e. The minimum absolute atomic E-state index is 0.656. The summed E-state index contributed by atoms with van der Waals surface area (Å²) in [4.78, 5) is 10.00. The molecular weight excluding hydrogens is 328 g/mol. The number of nitrogen functional groups attached to an aromatic ring is 1. The van der Waals surface area contributed by atoms with Crippen LogP contribution in [0, 0.1) is 0 Å². The molecule has 2 fully saturated rings. The first-order valence-corrected chi connectivity index (χ1v) is 10.0. The second kappa shape index (κ2) is 6.70. The molecule has 140 valence electrons. The standard InChI is InChI=1S/C19H28N6O/c20-17-16-14-6-7-25(13-4-2-1-3-5-13)12-15(14)19(21-18(16)23-22-17)24-8-10-26-11-9-24/h13H,1-12H2,(H3,20,21,22,23). The van der Waals surface area contributed by atoms with Crippen molar-refractivity contribution in [3.8, 4) is 0 Å². The highest BCUT2D eigenvalue weighted by Crippen LogP contribution is 2.37. The Bertz CT molecular complexity index is 791. The maximum atomic E-state index is 6.20. The predicted molar refractivity (Wildman–Crippen MR) is 102 cm³/mol. The zero-order valence-electron chi connectivity index (χ0n) is 15.3. The first-order valence-electron chi connectivity index (χ1n) is 10.0. The molecule has 0 unspecified atom stereocenters. The van der Waals surface area contributed by atoms with E-state index in [-0.39, 0.29) is 0 Å². The Morgan fingerprint density at radius 1 is 1.04 bits per heavy atom. The zero-order chi connectivity index (χ0) is 17.5. The van der Waals surface area contributed by atoms with Gasteiger partial charge in [-0.1, -0.05) is 19.3 Å². The molecule has 7 heteroatoms. The lowest BCUT2D eigenvalue weighted by Gasteiger charge is -2.39. The molecule has 0 aromatic carbocycles. The molecule has 4 heterocycles. The van der Waals surface area contributed by atoms with Crippen molar-refractivity contribution in [3.63, 3.8) is 0 Å². The van der Waals surface area contributed by atoms with Gasteiger partial charge in [0.25, 0.3) is 0 Å². The Labute approximate surface area is 153 Å². The Hall–Kier alpha value is -1.86. The van der Waals surface area contributed by atoms with Gasteiger partial charge in [0.05, 0.1) is 18.6 Å². The fourth-order valence-electron chi connectivity index (χ4n) is 4.95. The largest absolute Gasteiger partial charge is 0.384 e. The topological polar surface area (TPSA) is 83.3 Å². The van der Waals surface area contributed by atoms with Gasteiger partial charge in [0.2, 0.25) is 0 Å². The number of aromatic nitrogens is 3. The van der Waals surface area contributed by atoms with Gasteiger partial charge in [-0.25, -0.2) is 4.98 Å². The lowest BCUT2D eigenvalue weighted by Crippen LogP contribution is -2.42. The molecule has 5 rings (SSSR count). The molecule has 1 saturated heterocycles. The molecule has 0 atom stereocenters. The number of pyridine rings is 1. The molecule has 3 N–H and O–H groups in total. The smallest absolute Gasteiger partial charge is 0.185 e. The molecule has 0 bridgehead atoms. The minimum Gasteiger partial charge on any atom is -0.384 e. The fraction of sp³-hybridized carbons (Fsp3) is 0.684. The molecular formula is C19H28N6O. The van der Waals surface area contributed by atoms with E-state index >= 15 is 0 Å². The summed E-state index contributed by atoms with van der Waals surface area (Å²) in [5.74, 6) is 1.76. The molecule has 26 heavy (non-hydrogen) atoms.